The summed E-state index contributed by atoms with van der Waals surface area (Å²) in [5.74, 6) is -1.05. The molecule has 0 bridgehead atoms. The van der Waals surface area contributed by atoms with Crippen LogP contribution in [0.3, 0.4) is 0 Å². The van der Waals surface area contributed by atoms with Crippen molar-refractivity contribution in [3.63, 3.8) is 0 Å². The summed E-state index contributed by atoms with van der Waals surface area (Å²) in [6.07, 6.45) is 0. The summed E-state index contributed by atoms with van der Waals surface area (Å²) >= 11 is 0. The molecule has 4 heteroatoms. The van der Waals surface area contributed by atoms with Crippen molar-refractivity contribution in [3.05, 3.63) is 53.3 Å². The van der Waals surface area contributed by atoms with Crippen LogP contribution in [0.1, 0.15) is 15.9 Å². The summed E-state index contributed by atoms with van der Waals surface area (Å²) in [6, 6.07) is 9.03. The largest absolute Gasteiger partial charge is 0.496 e. The molecule has 1 N–H and O–H groups in total. The maximum atomic E-state index is 13.4. The smallest absolute Gasteiger partial charge is 0.336 e. The van der Waals surface area contributed by atoms with E-state index in [0.29, 0.717) is 16.9 Å². The Bertz CT molecular complexity index is 635. The van der Waals surface area contributed by atoms with Crippen LogP contribution in [0.5, 0.6) is 5.75 Å². The number of rotatable bonds is 3. The van der Waals surface area contributed by atoms with Gasteiger partial charge in [0, 0.05) is 5.56 Å². The molecule has 0 aliphatic rings. The van der Waals surface area contributed by atoms with Crippen LogP contribution in [0.25, 0.3) is 11.1 Å². The molecule has 0 amide bonds. The second-order valence-corrected chi connectivity index (χ2v) is 4.20. The number of hydrogen-bond donors (Lipinski definition) is 1. The van der Waals surface area contributed by atoms with Crippen molar-refractivity contribution in [1.82, 2.24) is 0 Å². The summed E-state index contributed by atoms with van der Waals surface area (Å²) in [5.41, 5.74) is 1.83. The Hall–Kier alpha value is -2.36. The molecule has 0 aliphatic carbocycles. The molecular weight excluding hydrogens is 247 g/mol. The Morgan fingerprint density at radius 3 is 2.53 bits per heavy atom. The molecule has 2 aromatic rings. The van der Waals surface area contributed by atoms with Crippen LogP contribution < -0.4 is 4.74 Å². The van der Waals surface area contributed by atoms with Gasteiger partial charge in [0.1, 0.15) is 11.6 Å². The van der Waals surface area contributed by atoms with Gasteiger partial charge in [-0.15, -0.1) is 0 Å². The molecule has 0 fully saturated rings. The number of ether oxygens (including phenoxy) is 1. The zero-order valence-electron chi connectivity index (χ0n) is 10.6. The van der Waals surface area contributed by atoms with E-state index in [2.05, 4.69) is 0 Å². The highest BCUT2D eigenvalue weighted by atomic mass is 19.1. The molecule has 0 spiro atoms. The minimum absolute atomic E-state index is 0.129. The standard InChI is InChI=1S/C15H13FO3/c1-9-3-5-11(13(7-9)15(17)18)12-8-10(16)4-6-14(12)19-2/h3-8H,1-2H3,(H,17,18). The van der Waals surface area contributed by atoms with Crippen LogP contribution in [0.2, 0.25) is 0 Å². The number of carboxylic acid groups (broad SMARTS) is 1. The highest BCUT2D eigenvalue weighted by molar-refractivity contribution is 5.97. The van der Waals surface area contributed by atoms with E-state index in [4.69, 9.17) is 4.74 Å². The van der Waals surface area contributed by atoms with Crippen molar-refractivity contribution in [2.24, 2.45) is 0 Å². The number of benzene rings is 2. The summed E-state index contributed by atoms with van der Waals surface area (Å²) in [7, 11) is 1.46. The van der Waals surface area contributed by atoms with E-state index in [1.54, 1.807) is 25.1 Å². The van der Waals surface area contributed by atoms with E-state index in [1.807, 2.05) is 0 Å². The van der Waals surface area contributed by atoms with Gasteiger partial charge in [-0.05, 0) is 36.8 Å². The fraction of sp³-hybridized carbons (Fsp3) is 0.133. The van der Waals surface area contributed by atoms with Gasteiger partial charge in [0.2, 0.25) is 0 Å². The summed E-state index contributed by atoms with van der Waals surface area (Å²) < 4.78 is 18.5. The monoisotopic (exact) mass is 260 g/mol. The minimum atomic E-state index is -1.05. The molecular formula is C15H13FO3. The van der Waals surface area contributed by atoms with Crippen molar-refractivity contribution in [1.29, 1.82) is 0 Å². The summed E-state index contributed by atoms with van der Waals surface area (Å²) in [6.45, 7) is 1.80. The van der Waals surface area contributed by atoms with E-state index >= 15 is 0 Å². The fourth-order valence-corrected chi connectivity index (χ4v) is 1.96. The first-order valence-electron chi connectivity index (χ1n) is 5.71. The molecule has 0 aromatic heterocycles. The molecule has 0 saturated carbocycles. The van der Waals surface area contributed by atoms with Crippen LogP contribution in [-0.2, 0) is 0 Å². The third kappa shape index (κ3) is 2.57. The Morgan fingerprint density at radius 2 is 1.89 bits per heavy atom. The fourth-order valence-electron chi connectivity index (χ4n) is 1.96. The lowest BCUT2D eigenvalue weighted by atomic mass is 9.97. The SMILES string of the molecule is COc1ccc(F)cc1-c1ccc(C)cc1C(=O)O. The first kappa shape index (κ1) is 13.1. The third-order valence-electron chi connectivity index (χ3n) is 2.86. The Kier molecular flexibility index (Phi) is 3.51. The van der Waals surface area contributed by atoms with Gasteiger partial charge in [-0.1, -0.05) is 17.7 Å². The number of hydrogen-bond acceptors (Lipinski definition) is 2. The van der Waals surface area contributed by atoms with Crippen LogP contribution in [-0.4, -0.2) is 18.2 Å². The molecule has 98 valence electrons. The molecule has 0 unspecified atom stereocenters. The maximum absolute atomic E-state index is 13.4. The highest BCUT2D eigenvalue weighted by Crippen LogP contribution is 2.33. The first-order valence-corrected chi connectivity index (χ1v) is 5.71. The van der Waals surface area contributed by atoms with E-state index in [0.717, 1.165) is 5.56 Å². The van der Waals surface area contributed by atoms with Gasteiger partial charge in [0.25, 0.3) is 0 Å². The van der Waals surface area contributed by atoms with Gasteiger partial charge < -0.3 is 9.84 Å². The lowest BCUT2D eigenvalue weighted by Gasteiger charge is -2.12. The van der Waals surface area contributed by atoms with E-state index in [1.165, 1.54) is 25.3 Å². The first-order chi connectivity index (χ1) is 9.02. The number of aromatic carboxylic acids is 1. The number of methoxy groups -OCH3 is 1. The lowest BCUT2D eigenvalue weighted by molar-refractivity contribution is 0.0697. The van der Waals surface area contributed by atoms with Crippen LogP contribution in [0.4, 0.5) is 4.39 Å². The number of carboxylic acids is 1. The number of carbonyl (C=O) groups is 1. The van der Waals surface area contributed by atoms with Crippen LogP contribution in [0, 0.1) is 12.7 Å². The Balaban J connectivity index is 2.71. The van der Waals surface area contributed by atoms with E-state index in [9.17, 15) is 14.3 Å². The van der Waals surface area contributed by atoms with Gasteiger partial charge in [0.15, 0.2) is 0 Å². The van der Waals surface area contributed by atoms with Crippen molar-refractivity contribution in [2.75, 3.05) is 7.11 Å². The normalized spacial score (nSPS) is 10.3. The quantitative estimate of drug-likeness (QED) is 0.918. The topological polar surface area (TPSA) is 46.5 Å². The van der Waals surface area contributed by atoms with Crippen molar-refractivity contribution < 1.29 is 19.0 Å². The zero-order chi connectivity index (χ0) is 14.0. The van der Waals surface area contributed by atoms with E-state index < -0.39 is 11.8 Å². The molecule has 19 heavy (non-hydrogen) atoms. The van der Waals surface area contributed by atoms with Gasteiger partial charge in [0.05, 0.1) is 12.7 Å². The minimum Gasteiger partial charge on any atom is -0.496 e. The highest BCUT2D eigenvalue weighted by Gasteiger charge is 2.15. The van der Waals surface area contributed by atoms with Crippen molar-refractivity contribution >= 4 is 5.97 Å². The van der Waals surface area contributed by atoms with Gasteiger partial charge >= 0.3 is 5.97 Å². The molecule has 0 radical (unpaired) electrons. The van der Waals surface area contributed by atoms with Crippen LogP contribution >= 0.6 is 0 Å². The predicted octanol–water partition coefficient (Wildman–Crippen LogP) is 3.51. The van der Waals surface area contributed by atoms with Crippen LogP contribution in [0.15, 0.2) is 36.4 Å². The molecule has 0 saturated heterocycles. The van der Waals surface area contributed by atoms with Gasteiger partial charge in [-0.3, -0.25) is 0 Å². The molecule has 0 heterocycles. The second kappa shape index (κ2) is 5.10. The number of halogens is 1. The molecule has 2 rings (SSSR count). The second-order valence-electron chi connectivity index (χ2n) is 4.20. The number of aryl methyl sites for hydroxylation is 1. The van der Waals surface area contributed by atoms with Crippen molar-refractivity contribution in [3.8, 4) is 16.9 Å². The Labute approximate surface area is 110 Å². The van der Waals surface area contributed by atoms with Crippen molar-refractivity contribution in [2.45, 2.75) is 6.92 Å². The molecule has 2 aromatic carbocycles. The average Bonchev–Trinajstić information content (AvgIpc) is 2.38. The molecule has 3 nitrogen and oxygen atoms in total. The third-order valence-corrected chi connectivity index (χ3v) is 2.86. The van der Waals surface area contributed by atoms with Gasteiger partial charge in [-0.25, -0.2) is 9.18 Å². The zero-order valence-corrected chi connectivity index (χ0v) is 10.6. The average molecular weight is 260 g/mol. The Morgan fingerprint density at radius 1 is 1.16 bits per heavy atom. The maximum Gasteiger partial charge on any atom is 0.336 e. The summed E-state index contributed by atoms with van der Waals surface area (Å²) in [5, 5.41) is 9.25. The molecule has 0 atom stereocenters. The molecule has 0 aliphatic heterocycles. The van der Waals surface area contributed by atoms with E-state index in [-0.39, 0.29) is 5.56 Å². The summed E-state index contributed by atoms with van der Waals surface area (Å²) in [4.78, 5) is 11.3. The predicted molar refractivity (Wildman–Crippen MR) is 70.1 cm³/mol. The van der Waals surface area contributed by atoms with Gasteiger partial charge in [-0.2, -0.15) is 0 Å². The lowest BCUT2D eigenvalue weighted by Crippen LogP contribution is -2.01.